The Morgan fingerprint density at radius 3 is 2.63 bits per heavy atom. The molecular formula is C33H46ClIO8. The fourth-order valence-corrected chi connectivity index (χ4v) is 7.71. The van der Waals surface area contributed by atoms with Crippen LogP contribution in [0.15, 0.2) is 36.4 Å². The van der Waals surface area contributed by atoms with E-state index in [4.69, 9.17) is 44.8 Å². The molecule has 1 saturated carbocycles. The maximum absolute atomic E-state index is 11.6. The number of ether oxygens (including phenoxy) is 7. The molecule has 0 amide bonds. The number of esters is 1. The van der Waals surface area contributed by atoms with E-state index < -0.39 is 0 Å². The second-order valence-corrected chi connectivity index (χ2v) is 14.0. The van der Waals surface area contributed by atoms with E-state index in [1.165, 1.54) is 7.11 Å². The van der Waals surface area contributed by atoms with E-state index in [-0.39, 0.29) is 48.9 Å². The lowest BCUT2D eigenvalue weighted by Crippen LogP contribution is -2.33. The average Bonchev–Trinajstić information content (AvgIpc) is 3.57. The molecule has 1 aliphatic carbocycles. The predicted molar refractivity (Wildman–Crippen MR) is 172 cm³/mol. The first kappa shape index (κ1) is 33.4. The molecule has 10 heteroatoms. The largest absolute Gasteiger partial charge is 0.490 e. The van der Waals surface area contributed by atoms with Gasteiger partial charge in [0.05, 0.1) is 25.4 Å². The van der Waals surface area contributed by atoms with E-state index in [1.54, 1.807) is 0 Å². The second kappa shape index (κ2) is 17.1. The Balaban J connectivity index is 1.27. The SMILES string of the molecule is COC(=O)CCCC(I)C1C[C@@H]2[C@@H](/C=C/[C@H](COc3cccc(Cl)c3)OC3CCCCO3)[C@H](OC3CCCCO3)C[C@H]2O1. The van der Waals surface area contributed by atoms with E-state index in [1.807, 2.05) is 24.3 Å². The maximum Gasteiger partial charge on any atom is 0.305 e. The van der Waals surface area contributed by atoms with Gasteiger partial charge in [0, 0.05) is 40.9 Å². The lowest BCUT2D eigenvalue weighted by atomic mass is 9.89. The minimum atomic E-state index is -0.290. The zero-order chi connectivity index (χ0) is 30.0. The summed E-state index contributed by atoms with van der Waals surface area (Å²) in [5.74, 6) is 1.07. The van der Waals surface area contributed by atoms with Crippen LogP contribution in [0.5, 0.6) is 5.75 Å². The monoisotopic (exact) mass is 732 g/mol. The van der Waals surface area contributed by atoms with Gasteiger partial charge in [-0.1, -0.05) is 52.4 Å². The van der Waals surface area contributed by atoms with Gasteiger partial charge >= 0.3 is 5.97 Å². The fraction of sp³-hybridized carbons (Fsp3) is 0.727. The molecule has 0 radical (unpaired) electrons. The molecule has 8 nitrogen and oxygen atoms in total. The van der Waals surface area contributed by atoms with Crippen molar-refractivity contribution in [1.29, 1.82) is 0 Å². The molecule has 9 atom stereocenters. The minimum absolute atomic E-state index is 0.0164. The molecule has 4 unspecified atom stereocenters. The molecule has 5 rings (SSSR count). The molecule has 4 aliphatic rings. The second-order valence-electron chi connectivity index (χ2n) is 12.0. The molecule has 1 aromatic carbocycles. The highest BCUT2D eigenvalue weighted by Crippen LogP contribution is 2.48. The van der Waals surface area contributed by atoms with Crippen LogP contribution in [0, 0.1) is 11.8 Å². The number of benzene rings is 1. The smallest absolute Gasteiger partial charge is 0.305 e. The van der Waals surface area contributed by atoms with E-state index in [0.717, 1.165) is 77.4 Å². The van der Waals surface area contributed by atoms with Gasteiger partial charge in [-0.25, -0.2) is 0 Å². The quantitative estimate of drug-likeness (QED) is 0.0873. The third-order valence-corrected chi connectivity index (χ3v) is 10.6. The van der Waals surface area contributed by atoms with E-state index >= 15 is 0 Å². The van der Waals surface area contributed by atoms with Crippen LogP contribution in [0.3, 0.4) is 0 Å². The van der Waals surface area contributed by atoms with Crippen LogP contribution in [0.2, 0.25) is 5.02 Å². The Labute approximate surface area is 274 Å². The Kier molecular flexibility index (Phi) is 13.3. The van der Waals surface area contributed by atoms with Gasteiger partial charge in [-0.15, -0.1) is 0 Å². The molecule has 1 aromatic rings. The number of fused-ring (bicyclic) bond motifs is 1. The van der Waals surface area contributed by atoms with Gasteiger partial charge in [0.25, 0.3) is 0 Å². The Hall–Kier alpha value is -0.950. The number of alkyl halides is 1. The Morgan fingerprint density at radius 2 is 1.91 bits per heavy atom. The molecule has 4 fully saturated rings. The molecule has 3 aliphatic heterocycles. The number of methoxy groups -OCH3 is 1. The first-order chi connectivity index (χ1) is 21.0. The number of hydrogen-bond acceptors (Lipinski definition) is 8. The van der Waals surface area contributed by atoms with E-state index in [9.17, 15) is 4.79 Å². The van der Waals surface area contributed by atoms with Crippen LogP contribution in [-0.4, -0.2) is 73.8 Å². The molecule has 43 heavy (non-hydrogen) atoms. The van der Waals surface area contributed by atoms with Crippen molar-refractivity contribution in [1.82, 2.24) is 0 Å². The number of rotatable bonds is 14. The summed E-state index contributed by atoms with van der Waals surface area (Å²) >= 11 is 8.69. The molecule has 3 heterocycles. The van der Waals surface area contributed by atoms with Crippen molar-refractivity contribution in [3.05, 3.63) is 41.4 Å². The van der Waals surface area contributed by atoms with Crippen LogP contribution >= 0.6 is 34.2 Å². The number of carbonyl (C=O) groups excluding carboxylic acids is 1. The van der Waals surface area contributed by atoms with Crippen molar-refractivity contribution < 1.29 is 38.0 Å². The first-order valence-electron chi connectivity index (χ1n) is 16.0. The van der Waals surface area contributed by atoms with Crippen LogP contribution < -0.4 is 4.74 Å². The summed E-state index contributed by atoms with van der Waals surface area (Å²) in [5.41, 5.74) is 0. The summed E-state index contributed by atoms with van der Waals surface area (Å²) in [5, 5.41) is 0.637. The number of halogens is 2. The van der Waals surface area contributed by atoms with Gasteiger partial charge in [-0.05, 0) is 81.9 Å². The van der Waals surface area contributed by atoms with Crippen molar-refractivity contribution in [2.75, 3.05) is 26.9 Å². The lowest BCUT2D eigenvalue weighted by molar-refractivity contribution is -0.194. The lowest BCUT2D eigenvalue weighted by Gasteiger charge is -2.30. The summed E-state index contributed by atoms with van der Waals surface area (Å²) in [7, 11) is 1.44. The highest BCUT2D eigenvalue weighted by atomic mass is 127. The minimum Gasteiger partial charge on any atom is -0.490 e. The number of hydrogen-bond donors (Lipinski definition) is 0. The third kappa shape index (κ3) is 10.0. The molecule has 0 spiro atoms. The van der Waals surface area contributed by atoms with Crippen LogP contribution in [-0.2, 0) is 33.2 Å². The summed E-state index contributed by atoms with van der Waals surface area (Å²) < 4.78 is 42.8. The average molecular weight is 733 g/mol. The van der Waals surface area contributed by atoms with Gasteiger partial charge in [-0.3, -0.25) is 4.79 Å². The number of carbonyl (C=O) groups is 1. The molecule has 3 saturated heterocycles. The van der Waals surface area contributed by atoms with Gasteiger partial charge in [0.1, 0.15) is 18.5 Å². The Bertz CT molecular complexity index is 1030. The van der Waals surface area contributed by atoms with Crippen LogP contribution in [0.1, 0.15) is 70.6 Å². The van der Waals surface area contributed by atoms with E-state index in [2.05, 4.69) is 34.7 Å². The molecule has 240 valence electrons. The standard InChI is InChI=1S/C33H46ClIO8/c1-37-31(36)11-7-10-27(35)30-19-26-25(28(20-29(26)42-30)43-33-13-3-5-17-39-33)15-14-24(41-32-12-2-4-16-38-32)21-40-23-9-6-8-22(34)18-23/h6,8-9,14-15,18,24-30,32-33H,2-5,7,10-13,16-17,19-21H2,1H3/b15-14+/t24-,25-,26-,27?,28-,29-,30?,32?,33?/m1/s1. The zero-order valence-corrected chi connectivity index (χ0v) is 28.0. The van der Waals surface area contributed by atoms with Crippen molar-refractivity contribution >= 4 is 40.2 Å². The van der Waals surface area contributed by atoms with Gasteiger partial charge in [0.15, 0.2) is 12.6 Å². The van der Waals surface area contributed by atoms with Crippen molar-refractivity contribution in [3.8, 4) is 5.75 Å². The highest BCUT2D eigenvalue weighted by Gasteiger charge is 2.51. The summed E-state index contributed by atoms with van der Waals surface area (Å²) in [6.07, 6.45) is 14.2. The third-order valence-electron chi connectivity index (χ3n) is 8.90. The van der Waals surface area contributed by atoms with Gasteiger partial charge in [0.2, 0.25) is 0 Å². The van der Waals surface area contributed by atoms with Crippen molar-refractivity contribution in [2.24, 2.45) is 11.8 Å². The van der Waals surface area contributed by atoms with Gasteiger partial charge < -0.3 is 33.2 Å². The van der Waals surface area contributed by atoms with Crippen molar-refractivity contribution in [3.63, 3.8) is 0 Å². The zero-order valence-electron chi connectivity index (χ0n) is 25.1. The molecule has 0 aromatic heterocycles. The van der Waals surface area contributed by atoms with Crippen molar-refractivity contribution in [2.45, 2.75) is 112 Å². The van der Waals surface area contributed by atoms with Crippen LogP contribution in [0.4, 0.5) is 0 Å². The maximum atomic E-state index is 11.6. The van der Waals surface area contributed by atoms with Crippen LogP contribution in [0.25, 0.3) is 0 Å². The van der Waals surface area contributed by atoms with E-state index in [0.29, 0.717) is 33.6 Å². The molecule has 0 bridgehead atoms. The first-order valence-corrected chi connectivity index (χ1v) is 17.6. The normalized spacial score (nSPS) is 32.4. The summed E-state index contributed by atoms with van der Waals surface area (Å²) in [4.78, 5) is 11.6. The molecule has 0 N–H and O–H groups in total. The van der Waals surface area contributed by atoms with Gasteiger partial charge in [-0.2, -0.15) is 0 Å². The Morgan fingerprint density at radius 1 is 1.12 bits per heavy atom. The summed E-state index contributed by atoms with van der Waals surface area (Å²) in [6, 6.07) is 7.44. The topological polar surface area (TPSA) is 81.7 Å². The highest BCUT2D eigenvalue weighted by molar-refractivity contribution is 14.1. The fourth-order valence-electron chi connectivity index (χ4n) is 6.63. The predicted octanol–water partition coefficient (Wildman–Crippen LogP) is 7.04. The summed E-state index contributed by atoms with van der Waals surface area (Å²) in [6.45, 7) is 1.82. The molecular weight excluding hydrogens is 687 g/mol.